The molecule has 0 atom stereocenters. The molecule has 0 bridgehead atoms. The van der Waals surface area contributed by atoms with E-state index < -0.39 is 0 Å². The van der Waals surface area contributed by atoms with Gasteiger partial charge in [0.2, 0.25) is 0 Å². The van der Waals surface area contributed by atoms with Crippen LogP contribution in [0.4, 0.5) is 0 Å². The summed E-state index contributed by atoms with van der Waals surface area (Å²) < 4.78 is 1.67. The molecule has 0 saturated heterocycles. The smallest absolute Gasteiger partial charge is 0.181 e. The summed E-state index contributed by atoms with van der Waals surface area (Å²) in [6.45, 7) is 0. The van der Waals surface area contributed by atoms with Crippen LogP contribution in [-0.4, -0.2) is 14.8 Å². The fraction of sp³-hybridized carbons (Fsp3) is 0. The van der Waals surface area contributed by atoms with Crippen molar-refractivity contribution in [3.8, 4) is 17.2 Å². The third-order valence-electron chi connectivity index (χ3n) is 2.06. The van der Waals surface area contributed by atoms with E-state index in [0.29, 0.717) is 5.69 Å². The molecule has 0 amide bonds. The molecule has 15 heavy (non-hydrogen) atoms. The normalized spacial score (nSPS) is 10.1. The number of phenols is 2. The second kappa shape index (κ2) is 3.49. The second-order valence-corrected chi connectivity index (χ2v) is 3.11. The monoisotopic (exact) mass is 203 g/mol. The third kappa shape index (κ3) is 1.83. The molecule has 0 radical (unpaired) electrons. The minimum Gasteiger partial charge on any atom is -0.504 e. The van der Waals surface area contributed by atoms with Crippen LogP contribution in [-0.2, 0) is 0 Å². The Balaban J connectivity index is 2.50. The number of hydrogen-bond donors (Lipinski definition) is 2. The van der Waals surface area contributed by atoms with Crippen LogP contribution in [0.2, 0.25) is 0 Å². The van der Waals surface area contributed by atoms with E-state index in [2.05, 4.69) is 0 Å². The van der Waals surface area contributed by atoms with Crippen molar-refractivity contribution in [3.05, 3.63) is 52.9 Å². The lowest BCUT2D eigenvalue weighted by Crippen LogP contribution is -2.01. The largest absolute Gasteiger partial charge is 0.504 e. The average molecular weight is 203 g/mol. The van der Waals surface area contributed by atoms with Crippen molar-refractivity contribution in [2.45, 2.75) is 0 Å². The highest BCUT2D eigenvalue weighted by atomic mass is 16.3. The van der Waals surface area contributed by atoms with E-state index in [1.807, 2.05) is 0 Å². The van der Waals surface area contributed by atoms with Crippen LogP contribution in [0.5, 0.6) is 11.5 Å². The predicted octanol–water partition coefficient (Wildman–Crippen LogP) is 1.25. The molecular weight excluding hydrogens is 194 g/mol. The molecule has 4 heteroatoms. The molecule has 2 aromatic rings. The van der Waals surface area contributed by atoms with Gasteiger partial charge in [-0.1, -0.05) is 0 Å². The van der Waals surface area contributed by atoms with Gasteiger partial charge in [-0.05, 0) is 12.1 Å². The number of benzene rings is 1. The number of nitrogens with zero attached hydrogens (tertiary/aromatic N) is 1. The Bertz CT molecular complexity index is 525. The molecule has 1 heterocycles. The number of rotatable bonds is 1. The summed E-state index contributed by atoms with van der Waals surface area (Å²) in [5, 5.41) is 18.4. The summed E-state index contributed by atoms with van der Waals surface area (Å²) in [4.78, 5) is 10.9. The van der Waals surface area contributed by atoms with Crippen LogP contribution < -0.4 is 5.43 Å². The van der Waals surface area contributed by atoms with E-state index >= 15 is 0 Å². The van der Waals surface area contributed by atoms with Crippen molar-refractivity contribution in [3.63, 3.8) is 0 Å². The topological polar surface area (TPSA) is 62.5 Å². The molecule has 1 aromatic heterocycles. The van der Waals surface area contributed by atoms with Gasteiger partial charge < -0.3 is 14.8 Å². The van der Waals surface area contributed by atoms with E-state index in [9.17, 15) is 9.90 Å². The number of phenolic OH excluding ortho intramolecular Hbond substituents is 2. The highest BCUT2D eigenvalue weighted by Crippen LogP contribution is 2.26. The van der Waals surface area contributed by atoms with Crippen LogP contribution in [0.3, 0.4) is 0 Å². The molecule has 0 aliphatic carbocycles. The Morgan fingerprint density at radius 2 is 1.60 bits per heavy atom. The van der Waals surface area contributed by atoms with Gasteiger partial charge in [0.25, 0.3) is 0 Å². The molecular formula is C11H9NO3. The van der Waals surface area contributed by atoms with E-state index in [1.165, 1.54) is 24.3 Å². The van der Waals surface area contributed by atoms with Crippen molar-refractivity contribution < 1.29 is 10.2 Å². The molecule has 0 fully saturated rings. The summed E-state index contributed by atoms with van der Waals surface area (Å²) in [5.74, 6) is -0.356. The van der Waals surface area contributed by atoms with E-state index in [4.69, 9.17) is 5.11 Å². The van der Waals surface area contributed by atoms with Crippen LogP contribution >= 0.6 is 0 Å². The Hall–Kier alpha value is -2.23. The van der Waals surface area contributed by atoms with Gasteiger partial charge in [-0.15, -0.1) is 0 Å². The average Bonchev–Trinajstić information content (AvgIpc) is 2.23. The molecule has 2 N–H and O–H groups in total. The first-order chi connectivity index (χ1) is 7.16. The standard InChI is InChI=1S/C11H9NO3/c13-9-3-5-12(6-4-9)8-1-2-10(14)11(15)7-8/h1-7,14-15H. The molecule has 76 valence electrons. The molecule has 4 nitrogen and oxygen atoms in total. The fourth-order valence-electron chi connectivity index (χ4n) is 1.26. The zero-order valence-corrected chi connectivity index (χ0v) is 7.79. The number of aromatic hydroxyl groups is 2. The lowest BCUT2D eigenvalue weighted by molar-refractivity contribution is 0.403. The van der Waals surface area contributed by atoms with Gasteiger partial charge in [0.05, 0.1) is 0 Å². The minimum atomic E-state index is -0.189. The first-order valence-electron chi connectivity index (χ1n) is 4.37. The van der Waals surface area contributed by atoms with Crippen molar-refractivity contribution in [1.29, 1.82) is 0 Å². The van der Waals surface area contributed by atoms with Gasteiger partial charge >= 0.3 is 0 Å². The maximum Gasteiger partial charge on any atom is 0.181 e. The maximum absolute atomic E-state index is 10.9. The van der Waals surface area contributed by atoms with Gasteiger partial charge in [0.1, 0.15) is 0 Å². The quantitative estimate of drug-likeness (QED) is 0.685. The summed E-state index contributed by atoms with van der Waals surface area (Å²) in [6, 6.07) is 7.29. The Morgan fingerprint density at radius 3 is 2.20 bits per heavy atom. The van der Waals surface area contributed by atoms with E-state index in [1.54, 1.807) is 23.0 Å². The second-order valence-electron chi connectivity index (χ2n) is 3.11. The first kappa shape index (κ1) is 9.33. The zero-order valence-electron chi connectivity index (χ0n) is 7.79. The molecule has 0 unspecified atom stereocenters. The predicted molar refractivity (Wildman–Crippen MR) is 55.4 cm³/mol. The summed E-state index contributed by atoms with van der Waals surface area (Å²) in [5.41, 5.74) is 0.597. The van der Waals surface area contributed by atoms with Crippen molar-refractivity contribution in [2.24, 2.45) is 0 Å². The highest BCUT2D eigenvalue weighted by Gasteiger charge is 2.00. The summed E-state index contributed by atoms with van der Waals surface area (Å²) in [6.07, 6.45) is 3.18. The molecule has 0 spiro atoms. The molecule has 0 aliphatic heterocycles. The van der Waals surface area contributed by atoms with Gasteiger partial charge in [0.15, 0.2) is 16.9 Å². The molecule has 0 aliphatic rings. The molecule has 2 rings (SSSR count). The lowest BCUT2D eigenvalue weighted by Gasteiger charge is -2.06. The van der Waals surface area contributed by atoms with Crippen molar-refractivity contribution in [1.82, 2.24) is 4.57 Å². The van der Waals surface area contributed by atoms with Crippen LogP contribution in [0.1, 0.15) is 0 Å². The Kier molecular flexibility index (Phi) is 2.17. The summed E-state index contributed by atoms with van der Waals surface area (Å²) >= 11 is 0. The summed E-state index contributed by atoms with van der Waals surface area (Å²) in [7, 11) is 0. The fourth-order valence-corrected chi connectivity index (χ4v) is 1.26. The zero-order chi connectivity index (χ0) is 10.8. The van der Waals surface area contributed by atoms with E-state index in [0.717, 1.165) is 0 Å². The molecule has 0 saturated carbocycles. The maximum atomic E-state index is 10.9. The van der Waals surface area contributed by atoms with Gasteiger partial charge in [-0.2, -0.15) is 0 Å². The van der Waals surface area contributed by atoms with Gasteiger partial charge in [0, 0.05) is 36.3 Å². The van der Waals surface area contributed by atoms with Crippen molar-refractivity contribution in [2.75, 3.05) is 0 Å². The third-order valence-corrected chi connectivity index (χ3v) is 2.06. The lowest BCUT2D eigenvalue weighted by atomic mass is 10.2. The van der Waals surface area contributed by atoms with Crippen molar-refractivity contribution >= 4 is 0 Å². The van der Waals surface area contributed by atoms with Gasteiger partial charge in [-0.25, -0.2) is 0 Å². The minimum absolute atomic E-state index is 0.0748. The van der Waals surface area contributed by atoms with Crippen LogP contribution in [0, 0.1) is 0 Å². The number of pyridine rings is 1. The number of hydrogen-bond acceptors (Lipinski definition) is 3. The van der Waals surface area contributed by atoms with Crippen LogP contribution in [0.15, 0.2) is 47.5 Å². The van der Waals surface area contributed by atoms with Gasteiger partial charge in [-0.3, -0.25) is 4.79 Å². The van der Waals surface area contributed by atoms with Crippen LogP contribution in [0.25, 0.3) is 5.69 Å². The molecule has 1 aromatic carbocycles. The Labute approximate surface area is 85.7 Å². The Morgan fingerprint density at radius 1 is 0.933 bits per heavy atom. The highest BCUT2D eigenvalue weighted by molar-refractivity contribution is 5.47. The first-order valence-corrected chi connectivity index (χ1v) is 4.37. The SMILES string of the molecule is O=c1ccn(-c2ccc(O)c(O)c2)cc1. The number of aromatic nitrogens is 1. The van der Waals surface area contributed by atoms with E-state index in [-0.39, 0.29) is 16.9 Å².